The standard InChI is InChI=1S/C27H30ClFN6O5S/c1-2-40-26(38)21-19(15-33-10-11-35-16(13-33)14-34(27(35)39)9-4-7-20(36)37)31-24(25-30-8-12-41-25)32-23(21)17-5-3-6-18(29)22(17)28/h3,5-6,8,12,16,23H,2,4,7,9-11,13-15H2,1H3,(H,31,32)(H,36,37)/t16-,23-/m0/s1. The molecular formula is C27H30ClFN6O5S. The Hall–Kier alpha value is -3.55. The number of carbonyl (C=O) groups excluding carboxylic acids is 2. The van der Waals surface area contributed by atoms with E-state index in [0.29, 0.717) is 67.8 Å². The third-order valence-corrected chi connectivity index (χ3v) is 8.43. The maximum absolute atomic E-state index is 14.5. The van der Waals surface area contributed by atoms with Crippen molar-refractivity contribution in [1.29, 1.82) is 0 Å². The van der Waals surface area contributed by atoms with Crippen molar-refractivity contribution in [3.8, 4) is 0 Å². The number of aliphatic carboxylic acids is 1. The molecule has 2 aromatic rings. The highest BCUT2D eigenvalue weighted by atomic mass is 35.5. The van der Waals surface area contributed by atoms with Gasteiger partial charge in [0.15, 0.2) is 10.8 Å². The zero-order chi connectivity index (χ0) is 29.1. The molecular weight excluding hydrogens is 575 g/mol. The Morgan fingerprint density at radius 2 is 2.12 bits per heavy atom. The summed E-state index contributed by atoms with van der Waals surface area (Å²) in [6.45, 7) is 4.66. The average Bonchev–Trinajstić information content (AvgIpc) is 3.58. The van der Waals surface area contributed by atoms with Crippen molar-refractivity contribution in [2.45, 2.75) is 31.8 Å². The lowest BCUT2D eigenvalue weighted by molar-refractivity contribution is -0.139. The van der Waals surface area contributed by atoms with Gasteiger partial charge in [0.1, 0.15) is 11.9 Å². The number of hydrogen-bond acceptors (Lipinski definition) is 9. The molecule has 14 heteroatoms. The second-order valence-corrected chi connectivity index (χ2v) is 11.2. The number of thiazole rings is 1. The van der Waals surface area contributed by atoms with Crippen LogP contribution in [0.1, 0.15) is 36.4 Å². The van der Waals surface area contributed by atoms with Crippen LogP contribution < -0.4 is 5.32 Å². The predicted molar refractivity (Wildman–Crippen MR) is 150 cm³/mol. The summed E-state index contributed by atoms with van der Waals surface area (Å²) in [5.41, 5.74) is 1.12. The first-order chi connectivity index (χ1) is 19.8. The SMILES string of the molecule is CCOC(=O)C1=C(CN2CCN3C(=O)N(CCCC(=O)O)C[C@@H]3C2)NC(c2nccs2)=N[C@H]1c1cccc(F)c1Cl. The Balaban J connectivity index is 1.43. The number of urea groups is 1. The van der Waals surface area contributed by atoms with Crippen LogP contribution in [0.5, 0.6) is 0 Å². The van der Waals surface area contributed by atoms with Crippen molar-refractivity contribution >= 4 is 46.7 Å². The van der Waals surface area contributed by atoms with Crippen LogP contribution in [0.4, 0.5) is 9.18 Å². The van der Waals surface area contributed by atoms with E-state index in [4.69, 9.17) is 26.4 Å². The number of carboxylic acid groups (broad SMARTS) is 1. The number of fused-ring (bicyclic) bond motifs is 1. The molecule has 0 radical (unpaired) electrons. The van der Waals surface area contributed by atoms with E-state index >= 15 is 0 Å². The van der Waals surface area contributed by atoms with Crippen LogP contribution in [0.25, 0.3) is 0 Å². The molecule has 2 saturated heterocycles. The smallest absolute Gasteiger partial charge is 0.338 e. The maximum atomic E-state index is 14.5. The molecule has 3 aliphatic heterocycles. The number of hydrogen-bond donors (Lipinski definition) is 2. The largest absolute Gasteiger partial charge is 0.481 e. The highest BCUT2D eigenvalue weighted by molar-refractivity contribution is 7.11. The number of amides is 2. The number of aromatic nitrogens is 1. The summed E-state index contributed by atoms with van der Waals surface area (Å²) >= 11 is 7.76. The second-order valence-electron chi connectivity index (χ2n) is 9.91. The van der Waals surface area contributed by atoms with Crippen molar-refractivity contribution < 1.29 is 28.6 Å². The number of nitrogens with one attached hydrogen (secondary N) is 1. The number of carbonyl (C=O) groups is 3. The Morgan fingerprint density at radius 3 is 2.85 bits per heavy atom. The lowest BCUT2D eigenvalue weighted by Crippen LogP contribution is -2.53. The van der Waals surface area contributed by atoms with E-state index in [0.717, 1.165) is 0 Å². The lowest BCUT2D eigenvalue weighted by Gasteiger charge is -2.38. The molecule has 1 aromatic heterocycles. The highest BCUT2D eigenvalue weighted by Crippen LogP contribution is 2.37. The number of rotatable bonds is 10. The molecule has 2 amide bonds. The summed E-state index contributed by atoms with van der Waals surface area (Å²) in [5, 5.41) is 14.5. The van der Waals surface area contributed by atoms with Gasteiger partial charge in [0.25, 0.3) is 0 Å². The van der Waals surface area contributed by atoms with E-state index in [-0.39, 0.29) is 35.7 Å². The fraction of sp³-hybridized carbons (Fsp3) is 0.444. The van der Waals surface area contributed by atoms with Gasteiger partial charge in [0, 0.05) is 68.5 Å². The number of benzene rings is 1. The van der Waals surface area contributed by atoms with Crippen LogP contribution in [-0.2, 0) is 14.3 Å². The minimum absolute atomic E-state index is 0.0104. The van der Waals surface area contributed by atoms with Gasteiger partial charge < -0.3 is 25.0 Å². The summed E-state index contributed by atoms with van der Waals surface area (Å²) in [4.78, 5) is 52.0. The van der Waals surface area contributed by atoms with Gasteiger partial charge in [-0.15, -0.1) is 11.3 Å². The second kappa shape index (κ2) is 12.5. The molecule has 4 heterocycles. The zero-order valence-electron chi connectivity index (χ0n) is 22.4. The number of carboxylic acids is 1. The van der Waals surface area contributed by atoms with Gasteiger partial charge >= 0.3 is 18.0 Å². The Morgan fingerprint density at radius 1 is 1.29 bits per heavy atom. The number of piperazine rings is 1. The normalized spacial score (nSPS) is 21.0. The van der Waals surface area contributed by atoms with E-state index in [1.165, 1.54) is 23.5 Å². The van der Waals surface area contributed by atoms with Crippen molar-refractivity contribution in [2.75, 3.05) is 45.9 Å². The van der Waals surface area contributed by atoms with Crippen LogP contribution in [0.2, 0.25) is 5.02 Å². The summed E-state index contributed by atoms with van der Waals surface area (Å²) in [6, 6.07) is 3.34. The van der Waals surface area contributed by atoms with Gasteiger partial charge in [-0.2, -0.15) is 0 Å². The monoisotopic (exact) mass is 604 g/mol. The molecule has 11 nitrogen and oxygen atoms in total. The van der Waals surface area contributed by atoms with Crippen molar-refractivity contribution in [1.82, 2.24) is 25.0 Å². The number of esters is 1. The maximum Gasteiger partial charge on any atom is 0.338 e. The Labute approximate surface area is 245 Å². The quantitative estimate of drug-likeness (QED) is 0.396. The van der Waals surface area contributed by atoms with E-state index in [9.17, 15) is 18.8 Å². The minimum atomic E-state index is -0.925. The fourth-order valence-electron chi connectivity index (χ4n) is 5.39. The van der Waals surface area contributed by atoms with Crippen LogP contribution in [-0.4, -0.2) is 101 Å². The zero-order valence-corrected chi connectivity index (χ0v) is 24.0. The van der Waals surface area contributed by atoms with E-state index < -0.39 is 23.8 Å². The van der Waals surface area contributed by atoms with Gasteiger partial charge in [0.05, 0.1) is 23.2 Å². The number of halogens is 2. The van der Waals surface area contributed by atoms with Crippen LogP contribution in [0, 0.1) is 5.82 Å². The molecule has 2 fully saturated rings. The molecule has 218 valence electrons. The molecule has 5 rings (SSSR count). The van der Waals surface area contributed by atoms with Crippen molar-refractivity contribution in [3.63, 3.8) is 0 Å². The summed E-state index contributed by atoms with van der Waals surface area (Å²) in [6.07, 6.45) is 2.06. The lowest BCUT2D eigenvalue weighted by atomic mass is 9.95. The molecule has 0 bridgehead atoms. The molecule has 0 unspecified atom stereocenters. The van der Waals surface area contributed by atoms with Crippen LogP contribution in [0.15, 0.2) is 46.0 Å². The first-order valence-electron chi connectivity index (χ1n) is 13.3. The van der Waals surface area contributed by atoms with Crippen molar-refractivity contribution in [3.05, 3.63) is 62.5 Å². The van der Waals surface area contributed by atoms with Gasteiger partial charge in [0.2, 0.25) is 0 Å². The van der Waals surface area contributed by atoms with Gasteiger partial charge in [-0.3, -0.25) is 14.7 Å². The number of amidine groups is 1. The fourth-order valence-corrected chi connectivity index (χ4v) is 6.21. The molecule has 1 aromatic carbocycles. The average molecular weight is 605 g/mol. The molecule has 3 aliphatic rings. The van der Waals surface area contributed by atoms with Gasteiger partial charge in [-0.05, 0) is 19.4 Å². The molecule has 2 atom stereocenters. The molecule has 0 aliphatic carbocycles. The number of nitrogens with zero attached hydrogens (tertiary/aromatic N) is 5. The summed E-state index contributed by atoms with van der Waals surface area (Å²) in [5.74, 6) is -1.65. The molecule has 0 saturated carbocycles. The van der Waals surface area contributed by atoms with Crippen molar-refractivity contribution in [2.24, 2.45) is 4.99 Å². The Bertz CT molecular complexity index is 1390. The van der Waals surface area contributed by atoms with E-state index in [1.807, 2.05) is 10.3 Å². The number of ether oxygens (including phenoxy) is 1. The van der Waals surface area contributed by atoms with Crippen LogP contribution in [0.3, 0.4) is 0 Å². The first-order valence-corrected chi connectivity index (χ1v) is 14.6. The summed E-state index contributed by atoms with van der Waals surface area (Å²) in [7, 11) is 0. The Kier molecular flexibility index (Phi) is 8.85. The highest BCUT2D eigenvalue weighted by Gasteiger charge is 2.41. The van der Waals surface area contributed by atoms with Gasteiger partial charge in [-0.25, -0.2) is 19.0 Å². The number of aliphatic imine (C=N–C) groups is 1. The molecule has 0 spiro atoms. The third kappa shape index (κ3) is 6.21. The van der Waals surface area contributed by atoms with Crippen LogP contribution >= 0.6 is 22.9 Å². The van der Waals surface area contributed by atoms with E-state index in [2.05, 4.69) is 15.2 Å². The third-order valence-electron chi connectivity index (χ3n) is 7.25. The van der Waals surface area contributed by atoms with E-state index in [1.54, 1.807) is 24.1 Å². The predicted octanol–water partition coefficient (Wildman–Crippen LogP) is 3.13. The summed E-state index contributed by atoms with van der Waals surface area (Å²) < 4.78 is 20.0. The topological polar surface area (TPSA) is 128 Å². The van der Waals surface area contributed by atoms with Gasteiger partial charge in [-0.1, -0.05) is 23.7 Å². The first kappa shape index (κ1) is 29.0. The minimum Gasteiger partial charge on any atom is -0.481 e. The molecule has 2 N–H and O–H groups in total. The molecule has 41 heavy (non-hydrogen) atoms.